The van der Waals surface area contributed by atoms with Crippen molar-refractivity contribution in [2.45, 2.75) is 33.4 Å². The molecule has 0 radical (unpaired) electrons. The fourth-order valence-electron chi connectivity index (χ4n) is 3.32. The third-order valence-corrected chi connectivity index (χ3v) is 4.93. The van der Waals surface area contributed by atoms with E-state index in [1.165, 1.54) is 5.56 Å². The van der Waals surface area contributed by atoms with Crippen molar-refractivity contribution in [2.24, 2.45) is 0 Å². The minimum Gasteiger partial charge on any atom is -0.492 e. The number of rotatable bonds is 5. The Kier molecular flexibility index (Phi) is 6.19. The predicted octanol–water partition coefficient (Wildman–Crippen LogP) is 3.66. The number of anilines is 1. The molecule has 0 saturated carbocycles. The summed E-state index contributed by atoms with van der Waals surface area (Å²) in [5, 5.41) is 2.88. The first kappa shape index (κ1) is 19.7. The van der Waals surface area contributed by atoms with Gasteiger partial charge in [-0.05, 0) is 38.5 Å². The summed E-state index contributed by atoms with van der Waals surface area (Å²) >= 11 is 0. The van der Waals surface area contributed by atoms with Gasteiger partial charge < -0.3 is 19.9 Å². The van der Waals surface area contributed by atoms with Crippen molar-refractivity contribution in [3.8, 4) is 5.75 Å². The zero-order chi connectivity index (χ0) is 20.1. The highest BCUT2D eigenvalue weighted by atomic mass is 16.5. The lowest BCUT2D eigenvalue weighted by Gasteiger charge is -2.39. The van der Waals surface area contributed by atoms with Gasteiger partial charge in [-0.25, -0.2) is 4.79 Å². The van der Waals surface area contributed by atoms with Gasteiger partial charge in [0.25, 0.3) is 0 Å². The first-order chi connectivity index (χ1) is 13.5. The van der Waals surface area contributed by atoms with Gasteiger partial charge in [-0.15, -0.1) is 0 Å². The Balaban J connectivity index is 1.64. The minimum atomic E-state index is -0.515. The molecule has 3 rings (SSSR count). The summed E-state index contributed by atoms with van der Waals surface area (Å²) in [7, 11) is 0. The third kappa shape index (κ3) is 4.44. The first-order valence-electron chi connectivity index (χ1n) is 9.63. The van der Waals surface area contributed by atoms with E-state index in [4.69, 9.17) is 4.74 Å². The SMILES string of the molecule is CCOc1ccccc1NC(=O)N1CCN(Cc2ccc(C)cc2)C(=O)[C@@H]1C. The molecular formula is C22H27N3O3. The molecule has 1 N–H and O–H groups in total. The Bertz CT molecular complexity index is 835. The summed E-state index contributed by atoms with van der Waals surface area (Å²) in [6.45, 7) is 7.78. The highest BCUT2D eigenvalue weighted by molar-refractivity contribution is 5.95. The second-order valence-electron chi connectivity index (χ2n) is 6.97. The van der Waals surface area contributed by atoms with Crippen LogP contribution in [0.5, 0.6) is 5.75 Å². The molecule has 148 valence electrons. The van der Waals surface area contributed by atoms with Crippen LogP contribution in [0.4, 0.5) is 10.5 Å². The summed E-state index contributed by atoms with van der Waals surface area (Å²) < 4.78 is 5.56. The molecule has 0 unspecified atom stereocenters. The number of nitrogens with zero attached hydrogens (tertiary/aromatic N) is 2. The van der Waals surface area contributed by atoms with Crippen molar-refractivity contribution < 1.29 is 14.3 Å². The Labute approximate surface area is 166 Å². The van der Waals surface area contributed by atoms with E-state index in [0.717, 1.165) is 5.56 Å². The molecule has 0 aliphatic carbocycles. The van der Waals surface area contributed by atoms with Crippen molar-refractivity contribution in [3.63, 3.8) is 0 Å². The number of aryl methyl sites for hydroxylation is 1. The highest BCUT2D eigenvalue weighted by Gasteiger charge is 2.34. The Morgan fingerprint density at radius 3 is 2.57 bits per heavy atom. The highest BCUT2D eigenvalue weighted by Crippen LogP contribution is 2.25. The maximum Gasteiger partial charge on any atom is 0.322 e. The van der Waals surface area contributed by atoms with E-state index >= 15 is 0 Å². The molecule has 2 aromatic rings. The molecule has 1 saturated heterocycles. The molecular weight excluding hydrogens is 354 g/mol. The van der Waals surface area contributed by atoms with Crippen molar-refractivity contribution in [1.82, 2.24) is 9.80 Å². The van der Waals surface area contributed by atoms with E-state index in [2.05, 4.69) is 5.32 Å². The molecule has 28 heavy (non-hydrogen) atoms. The molecule has 1 fully saturated rings. The van der Waals surface area contributed by atoms with E-state index < -0.39 is 6.04 Å². The van der Waals surface area contributed by atoms with Crippen LogP contribution in [0.3, 0.4) is 0 Å². The largest absolute Gasteiger partial charge is 0.492 e. The maximum absolute atomic E-state index is 12.8. The van der Waals surface area contributed by atoms with Gasteiger partial charge in [0.15, 0.2) is 0 Å². The minimum absolute atomic E-state index is 0.0416. The molecule has 1 aliphatic heterocycles. The van der Waals surface area contributed by atoms with Crippen LogP contribution >= 0.6 is 0 Å². The van der Waals surface area contributed by atoms with E-state index in [1.54, 1.807) is 17.9 Å². The summed E-state index contributed by atoms with van der Waals surface area (Å²) in [6.07, 6.45) is 0. The number of amides is 3. The van der Waals surface area contributed by atoms with E-state index in [1.807, 2.05) is 61.2 Å². The van der Waals surface area contributed by atoms with Crippen LogP contribution in [0.25, 0.3) is 0 Å². The van der Waals surface area contributed by atoms with Gasteiger partial charge >= 0.3 is 6.03 Å². The topological polar surface area (TPSA) is 61.9 Å². The van der Waals surface area contributed by atoms with Crippen LogP contribution in [0, 0.1) is 6.92 Å². The van der Waals surface area contributed by atoms with Gasteiger partial charge in [0.1, 0.15) is 11.8 Å². The molecule has 0 bridgehead atoms. The second-order valence-corrected chi connectivity index (χ2v) is 6.97. The van der Waals surface area contributed by atoms with Gasteiger partial charge in [-0.2, -0.15) is 0 Å². The lowest BCUT2D eigenvalue weighted by Crippen LogP contribution is -2.58. The van der Waals surface area contributed by atoms with Crippen LogP contribution in [-0.2, 0) is 11.3 Å². The number of piperazine rings is 1. The lowest BCUT2D eigenvalue weighted by molar-refractivity contribution is -0.139. The second kappa shape index (κ2) is 8.78. The Morgan fingerprint density at radius 1 is 1.14 bits per heavy atom. The molecule has 1 atom stereocenters. The lowest BCUT2D eigenvalue weighted by atomic mass is 10.1. The number of nitrogens with one attached hydrogen (secondary N) is 1. The molecule has 0 aromatic heterocycles. The number of carbonyl (C=O) groups is 2. The van der Waals surface area contributed by atoms with Gasteiger partial charge in [0.05, 0.1) is 12.3 Å². The number of benzene rings is 2. The van der Waals surface area contributed by atoms with Crippen molar-refractivity contribution in [1.29, 1.82) is 0 Å². The van der Waals surface area contributed by atoms with E-state index in [0.29, 0.717) is 37.7 Å². The Morgan fingerprint density at radius 2 is 1.86 bits per heavy atom. The average Bonchev–Trinajstić information content (AvgIpc) is 2.69. The fraction of sp³-hybridized carbons (Fsp3) is 0.364. The molecule has 2 aromatic carbocycles. The molecule has 1 heterocycles. The first-order valence-corrected chi connectivity index (χ1v) is 9.63. The smallest absolute Gasteiger partial charge is 0.322 e. The average molecular weight is 381 g/mol. The van der Waals surface area contributed by atoms with Crippen molar-refractivity contribution in [2.75, 3.05) is 25.0 Å². The number of para-hydroxylation sites is 2. The monoisotopic (exact) mass is 381 g/mol. The van der Waals surface area contributed by atoms with Gasteiger partial charge in [-0.1, -0.05) is 42.0 Å². The standard InChI is InChI=1S/C22H27N3O3/c1-4-28-20-8-6-5-7-19(20)23-22(27)25-14-13-24(21(26)17(25)3)15-18-11-9-16(2)10-12-18/h5-12,17H,4,13-15H2,1-3H3,(H,23,27)/t17-/m0/s1. The number of hydrogen-bond acceptors (Lipinski definition) is 3. The van der Waals surface area contributed by atoms with Crippen molar-refractivity contribution >= 4 is 17.6 Å². The van der Waals surface area contributed by atoms with Crippen LogP contribution in [0.1, 0.15) is 25.0 Å². The fourth-order valence-corrected chi connectivity index (χ4v) is 3.32. The molecule has 0 spiro atoms. The van der Waals surface area contributed by atoms with Crippen molar-refractivity contribution in [3.05, 3.63) is 59.7 Å². The summed E-state index contributed by atoms with van der Waals surface area (Å²) in [6, 6.07) is 14.7. The van der Waals surface area contributed by atoms with Gasteiger partial charge in [-0.3, -0.25) is 4.79 Å². The Hall–Kier alpha value is -3.02. The van der Waals surface area contributed by atoms with Crippen LogP contribution in [-0.4, -0.2) is 47.5 Å². The molecule has 6 nitrogen and oxygen atoms in total. The van der Waals surface area contributed by atoms with Crippen LogP contribution in [0.15, 0.2) is 48.5 Å². The molecule has 6 heteroatoms. The quantitative estimate of drug-likeness (QED) is 0.860. The van der Waals surface area contributed by atoms with E-state index in [-0.39, 0.29) is 11.9 Å². The van der Waals surface area contributed by atoms with Crippen LogP contribution < -0.4 is 10.1 Å². The zero-order valence-electron chi connectivity index (χ0n) is 16.6. The third-order valence-electron chi connectivity index (χ3n) is 4.93. The molecule has 3 amide bonds. The normalized spacial score (nSPS) is 16.8. The van der Waals surface area contributed by atoms with Gasteiger partial charge in [0, 0.05) is 19.6 Å². The number of ether oxygens (including phenoxy) is 1. The predicted molar refractivity (Wildman–Crippen MR) is 109 cm³/mol. The number of urea groups is 1. The number of hydrogen-bond donors (Lipinski definition) is 1. The zero-order valence-corrected chi connectivity index (χ0v) is 16.6. The maximum atomic E-state index is 12.8. The molecule has 1 aliphatic rings. The van der Waals surface area contributed by atoms with Gasteiger partial charge in [0.2, 0.25) is 5.91 Å². The summed E-state index contributed by atoms with van der Waals surface area (Å²) in [4.78, 5) is 29.0. The van der Waals surface area contributed by atoms with Crippen LogP contribution in [0.2, 0.25) is 0 Å². The summed E-state index contributed by atoms with van der Waals surface area (Å²) in [5.74, 6) is 0.579. The summed E-state index contributed by atoms with van der Waals surface area (Å²) in [5.41, 5.74) is 2.89. The number of carbonyl (C=O) groups excluding carboxylic acids is 2. The van der Waals surface area contributed by atoms with E-state index in [9.17, 15) is 9.59 Å².